The number of hydrogen-bond donors (Lipinski definition) is 2. The normalized spacial score (nSPS) is 16.5. The number of benzene rings is 1. The fraction of sp³-hybridized carbons (Fsp3) is 0.538. The van der Waals surface area contributed by atoms with Crippen molar-refractivity contribution in [3.63, 3.8) is 0 Å². The van der Waals surface area contributed by atoms with Crippen LogP contribution in [0.25, 0.3) is 0 Å². The zero-order valence-electron chi connectivity index (χ0n) is 10.7. The Bertz CT molecular complexity index is 336. The topological polar surface area (TPSA) is 47.3 Å². The Hall–Kier alpha value is -0.610. The summed E-state index contributed by atoms with van der Waals surface area (Å²) >= 11 is 5.86. The van der Waals surface area contributed by atoms with Crippen LogP contribution in [0.3, 0.4) is 0 Å². The highest BCUT2D eigenvalue weighted by molar-refractivity contribution is 6.30. The number of methoxy groups -OCH3 is 1. The van der Waals surface area contributed by atoms with Gasteiger partial charge in [-0.15, -0.1) is 0 Å². The van der Waals surface area contributed by atoms with E-state index in [0.717, 1.165) is 17.9 Å². The highest BCUT2D eigenvalue weighted by atomic mass is 35.5. The third-order valence-corrected chi connectivity index (χ3v) is 3.71. The van der Waals surface area contributed by atoms with Crippen molar-refractivity contribution in [2.24, 2.45) is 5.84 Å². The van der Waals surface area contributed by atoms with Gasteiger partial charge in [-0.2, -0.15) is 0 Å². The first-order valence-electron chi connectivity index (χ1n) is 5.81. The lowest BCUT2D eigenvalue weighted by Gasteiger charge is -2.35. The third kappa shape index (κ3) is 3.68. The monoisotopic (exact) mass is 256 g/mol. The molecule has 1 aromatic rings. The molecule has 1 aromatic carbocycles. The van der Waals surface area contributed by atoms with E-state index in [-0.39, 0.29) is 11.6 Å². The van der Waals surface area contributed by atoms with Gasteiger partial charge in [0.1, 0.15) is 0 Å². The molecule has 3 N–H and O–H groups in total. The predicted octanol–water partition coefficient (Wildman–Crippen LogP) is 2.53. The Morgan fingerprint density at radius 2 is 2.00 bits per heavy atom. The van der Waals surface area contributed by atoms with Gasteiger partial charge in [-0.1, -0.05) is 30.7 Å². The largest absolute Gasteiger partial charge is 0.377 e. The molecule has 0 amide bonds. The van der Waals surface area contributed by atoms with Gasteiger partial charge >= 0.3 is 0 Å². The fourth-order valence-corrected chi connectivity index (χ4v) is 1.97. The van der Waals surface area contributed by atoms with Crippen LogP contribution >= 0.6 is 11.6 Å². The van der Waals surface area contributed by atoms with E-state index in [1.165, 1.54) is 5.56 Å². The van der Waals surface area contributed by atoms with Crippen LogP contribution in [-0.2, 0) is 11.2 Å². The van der Waals surface area contributed by atoms with Crippen molar-refractivity contribution in [1.82, 2.24) is 5.43 Å². The second-order valence-electron chi connectivity index (χ2n) is 4.42. The van der Waals surface area contributed by atoms with Gasteiger partial charge in [0, 0.05) is 12.1 Å². The number of rotatable bonds is 6. The molecule has 0 aromatic heterocycles. The maximum atomic E-state index is 5.86. The molecule has 4 heteroatoms. The zero-order valence-corrected chi connectivity index (χ0v) is 11.4. The molecule has 0 spiro atoms. The van der Waals surface area contributed by atoms with Crippen LogP contribution in [0.15, 0.2) is 24.3 Å². The van der Waals surface area contributed by atoms with Crippen molar-refractivity contribution in [2.45, 2.75) is 38.3 Å². The molecule has 2 unspecified atom stereocenters. The SMILES string of the molecule is CCC(C)(OC)C(Cc1ccc(Cl)cc1)NN. The second kappa shape index (κ2) is 6.36. The van der Waals surface area contributed by atoms with Crippen LogP contribution in [0.1, 0.15) is 25.8 Å². The number of nitrogens with one attached hydrogen (secondary N) is 1. The number of ether oxygens (including phenoxy) is 1. The first-order valence-corrected chi connectivity index (χ1v) is 6.19. The van der Waals surface area contributed by atoms with Gasteiger partial charge < -0.3 is 4.74 Å². The Morgan fingerprint density at radius 1 is 1.41 bits per heavy atom. The average molecular weight is 257 g/mol. The van der Waals surface area contributed by atoms with Crippen molar-refractivity contribution < 1.29 is 4.74 Å². The summed E-state index contributed by atoms with van der Waals surface area (Å²) in [6, 6.07) is 7.87. The van der Waals surface area contributed by atoms with Crippen LogP contribution in [0.5, 0.6) is 0 Å². The van der Waals surface area contributed by atoms with Crippen molar-refractivity contribution in [3.05, 3.63) is 34.9 Å². The van der Waals surface area contributed by atoms with Crippen molar-refractivity contribution in [3.8, 4) is 0 Å². The van der Waals surface area contributed by atoms with E-state index in [2.05, 4.69) is 19.3 Å². The van der Waals surface area contributed by atoms with E-state index in [0.29, 0.717) is 0 Å². The average Bonchev–Trinajstić information content (AvgIpc) is 2.37. The van der Waals surface area contributed by atoms with Gasteiger partial charge in [0.25, 0.3) is 0 Å². The molecule has 0 fully saturated rings. The van der Waals surface area contributed by atoms with Crippen LogP contribution in [-0.4, -0.2) is 18.8 Å². The summed E-state index contributed by atoms with van der Waals surface area (Å²) in [5.41, 5.74) is 3.77. The van der Waals surface area contributed by atoms with Gasteiger partial charge in [0.15, 0.2) is 0 Å². The minimum atomic E-state index is -0.269. The summed E-state index contributed by atoms with van der Waals surface area (Å²) < 4.78 is 5.57. The van der Waals surface area contributed by atoms with Gasteiger partial charge in [-0.25, -0.2) is 0 Å². The molecule has 0 radical (unpaired) electrons. The zero-order chi connectivity index (χ0) is 12.9. The number of hydrazine groups is 1. The van der Waals surface area contributed by atoms with Gasteiger partial charge in [0.2, 0.25) is 0 Å². The highest BCUT2D eigenvalue weighted by Gasteiger charge is 2.31. The molecule has 96 valence electrons. The van der Waals surface area contributed by atoms with E-state index in [9.17, 15) is 0 Å². The molecule has 0 saturated heterocycles. The summed E-state index contributed by atoms with van der Waals surface area (Å²) in [7, 11) is 1.72. The molecular weight excluding hydrogens is 236 g/mol. The quantitative estimate of drug-likeness (QED) is 0.607. The summed E-state index contributed by atoms with van der Waals surface area (Å²) in [5.74, 6) is 5.63. The molecule has 0 aliphatic carbocycles. The van der Waals surface area contributed by atoms with E-state index in [1.807, 2.05) is 24.3 Å². The van der Waals surface area contributed by atoms with Gasteiger partial charge in [-0.05, 0) is 37.5 Å². The summed E-state index contributed by atoms with van der Waals surface area (Å²) in [4.78, 5) is 0. The van der Waals surface area contributed by atoms with E-state index < -0.39 is 0 Å². The van der Waals surface area contributed by atoms with Crippen LogP contribution in [0, 0.1) is 0 Å². The first kappa shape index (κ1) is 14.5. The Kier molecular flexibility index (Phi) is 5.40. The lowest BCUT2D eigenvalue weighted by Crippen LogP contribution is -2.53. The molecule has 0 aliphatic heterocycles. The standard InChI is InChI=1S/C13H21ClN2O/c1-4-13(2,17-3)12(16-15)9-10-5-7-11(14)8-6-10/h5-8,12,16H,4,9,15H2,1-3H3. The van der Waals surface area contributed by atoms with Crippen LogP contribution < -0.4 is 11.3 Å². The molecule has 0 aliphatic rings. The summed E-state index contributed by atoms with van der Waals surface area (Å²) in [6.07, 6.45) is 1.71. The van der Waals surface area contributed by atoms with E-state index >= 15 is 0 Å². The molecule has 0 bridgehead atoms. The van der Waals surface area contributed by atoms with E-state index in [1.54, 1.807) is 7.11 Å². The molecule has 17 heavy (non-hydrogen) atoms. The Morgan fingerprint density at radius 3 is 2.41 bits per heavy atom. The van der Waals surface area contributed by atoms with Crippen LogP contribution in [0.2, 0.25) is 5.02 Å². The van der Waals surface area contributed by atoms with Crippen molar-refractivity contribution >= 4 is 11.6 Å². The number of halogens is 1. The van der Waals surface area contributed by atoms with Crippen LogP contribution in [0.4, 0.5) is 0 Å². The molecule has 3 nitrogen and oxygen atoms in total. The lowest BCUT2D eigenvalue weighted by molar-refractivity contribution is -0.0288. The third-order valence-electron chi connectivity index (χ3n) is 3.46. The number of hydrogen-bond acceptors (Lipinski definition) is 3. The Labute approximate surface area is 108 Å². The van der Waals surface area contributed by atoms with Crippen molar-refractivity contribution in [1.29, 1.82) is 0 Å². The predicted molar refractivity (Wildman–Crippen MR) is 72.0 cm³/mol. The van der Waals surface area contributed by atoms with Crippen molar-refractivity contribution in [2.75, 3.05) is 7.11 Å². The molecule has 0 saturated carbocycles. The molecular formula is C13H21ClN2O. The van der Waals surface area contributed by atoms with Gasteiger partial charge in [0.05, 0.1) is 11.6 Å². The maximum Gasteiger partial charge on any atom is 0.0817 e. The number of nitrogens with two attached hydrogens (primary N) is 1. The lowest BCUT2D eigenvalue weighted by atomic mass is 9.89. The summed E-state index contributed by atoms with van der Waals surface area (Å²) in [6.45, 7) is 4.16. The maximum absolute atomic E-state index is 5.86. The second-order valence-corrected chi connectivity index (χ2v) is 4.86. The highest BCUT2D eigenvalue weighted by Crippen LogP contribution is 2.22. The smallest absolute Gasteiger partial charge is 0.0817 e. The fourth-order valence-electron chi connectivity index (χ4n) is 1.84. The Balaban J connectivity index is 2.79. The van der Waals surface area contributed by atoms with E-state index in [4.69, 9.17) is 22.2 Å². The molecule has 0 heterocycles. The minimum absolute atomic E-state index is 0.0682. The minimum Gasteiger partial charge on any atom is -0.377 e. The molecule has 1 rings (SSSR count). The molecule has 2 atom stereocenters. The summed E-state index contributed by atoms with van der Waals surface area (Å²) in [5, 5.41) is 0.746. The first-order chi connectivity index (χ1) is 8.05. The van der Waals surface area contributed by atoms with Gasteiger partial charge in [-0.3, -0.25) is 11.3 Å².